The van der Waals surface area contributed by atoms with E-state index in [2.05, 4.69) is 63.1 Å². The number of carbonyl (C=O) groups is 1. The molecule has 1 aromatic carbocycles. The van der Waals surface area contributed by atoms with Gasteiger partial charge in [0.05, 0.1) is 28.0 Å². The van der Waals surface area contributed by atoms with E-state index in [1.54, 1.807) is 12.4 Å². The van der Waals surface area contributed by atoms with Crippen LogP contribution in [0.5, 0.6) is 0 Å². The zero-order valence-corrected chi connectivity index (χ0v) is 31.7. The first-order valence-corrected chi connectivity index (χ1v) is 18.1. The molecule has 12 heteroatoms. The van der Waals surface area contributed by atoms with Gasteiger partial charge in [-0.05, 0) is 90.6 Å². The number of aromatic nitrogens is 3. The second kappa shape index (κ2) is 14.2. The molecule has 0 aliphatic carbocycles. The Labute approximate surface area is 299 Å². The van der Waals surface area contributed by atoms with Crippen molar-refractivity contribution in [3.63, 3.8) is 0 Å². The number of piperidine rings is 2. The number of likely N-dealkylation sites (tertiary alicyclic amines) is 2. The Balaban J connectivity index is 1.46. The first-order chi connectivity index (χ1) is 23.4. The van der Waals surface area contributed by atoms with Crippen molar-refractivity contribution < 1.29 is 22.7 Å². The van der Waals surface area contributed by atoms with Crippen LogP contribution < -0.4 is 0 Å². The minimum Gasteiger partial charge on any atom is -0.364 e. The second-order valence-corrected chi connectivity index (χ2v) is 16.2. The Kier molecular flexibility index (Phi) is 10.8. The summed E-state index contributed by atoms with van der Waals surface area (Å²) >= 11 is 6.47. The van der Waals surface area contributed by atoms with E-state index in [0.29, 0.717) is 62.7 Å². The van der Waals surface area contributed by atoms with Crippen LogP contribution in [-0.2, 0) is 21.5 Å². The number of ether oxygens (including phenoxy) is 1. The van der Waals surface area contributed by atoms with E-state index in [0.717, 1.165) is 11.5 Å². The number of carbonyl (C=O) groups excluding carboxylic acids is 1. The van der Waals surface area contributed by atoms with E-state index in [-0.39, 0.29) is 34.6 Å². The Bertz CT molecular complexity index is 1690. The highest BCUT2D eigenvalue weighted by Crippen LogP contribution is 2.48. The molecule has 2 aromatic rings. The van der Waals surface area contributed by atoms with Gasteiger partial charge in [-0.1, -0.05) is 39.0 Å². The monoisotopic (exact) mass is 716 g/mol. The average molecular weight is 717 g/mol. The van der Waals surface area contributed by atoms with Crippen molar-refractivity contribution in [3.8, 4) is 0 Å². The minimum absolute atomic E-state index is 0.0211. The van der Waals surface area contributed by atoms with Gasteiger partial charge in [-0.3, -0.25) is 14.7 Å². The van der Waals surface area contributed by atoms with E-state index in [9.17, 15) is 13.6 Å². The van der Waals surface area contributed by atoms with Crippen molar-refractivity contribution in [2.75, 3.05) is 26.2 Å². The average Bonchev–Trinajstić information content (AvgIpc) is 3.68. The lowest BCUT2D eigenvalue weighted by Crippen LogP contribution is -2.55. The van der Waals surface area contributed by atoms with Crippen LogP contribution >= 0.6 is 11.6 Å². The zero-order valence-electron chi connectivity index (χ0n) is 30.9. The Morgan fingerprint density at radius 1 is 1.14 bits per heavy atom. The maximum absolute atomic E-state index is 15.5. The number of rotatable bonds is 7. The maximum atomic E-state index is 15.5. The molecule has 1 spiro atoms. The molecule has 50 heavy (non-hydrogen) atoms. The third kappa shape index (κ3) is 6.82. The molecule has 1 unspecified atom stereocenters. The Morgan fingerprint density at radius 2 is 1.80 bits per heavy atom. The van der Waals surface area contributed by atoms with E-state index in [1.807, 2.05) is 23.4 Å². The lowest BCUT2D eigenvalue weighted by atomic mass is 9.75. The van der Waals surface area contributed by atoms with Gasteiger partial charge in [0.1, 0.15) is 17.8 Å². The van der Waals surface area contributed by atoms with Crippen LogP contribution in [0.4, 0.5) is 13.2 Å². The smallest absolute Gasteiger partial charge is 0.226 e. The zero-order chi connectivity index (χ0) is 36.9. The lowest BCUT2D eigenvalue weighted by molar-refractivity contribution is -0.144. The van der Waals surface area contributed by atoms with Crippen molar-refractivity contribution in [3.05, 3.63) is 70.2 Å². The van der Waals surface area contributed by atoms with E-state index in [1.165, 1.54) is 13.0 Å². The van der Waals surface area contributed by atoms with Gasteiger partial charge < -0.3 is 9.64 Å². The molecular weight excluding hydrogens is 665 g/mol. The standard InChI is InChI=1S/C38H52ClF3N6O2/c1-11-28(39)24(5)45-32-23(4)33(37(9,10)35-43-21-44-48(35)12-2)50-38(32)14-17-46(18-15-38)34(49)25-13-16-47(36(6,7)8)20-27(25)26-19-22(3)29(40)31(42)30(26)41/h11,19,21,23,25,27,33H,1,12-18,20H2,2-10H3/b28-24+,45-32?/t23?,25-,27-,33+/m1/s1. The third-order valence-electron chi connectivity index (χ3n) is 11.2. The summed E-state index contributed by atoms with van der Waals surface area (Å²) in [5.74, 6) is -4.53. The van der Waals surface area contributed by atoms with Crippen LogP contribution in [-0.4, -0.2) is 79.6 Å². The SMILES string of the molecule is C=C/C(Cl)=C(/C)N=C1C(C)[C@@H](C(C)(C)c2ncnn2CC)OC12CCN(C(=O)[C@@H]1CCN(C(C)(C)C)C[C@H]1c1cc(C)c(F)c(F)c1F)CC2. The van der Waals surface area contributed by atoms with Crippen LogP contribution in [0.25, 0.3) is 0 Å². The number of hydrogen-bond donors (Lipinski definition) is 0. The summed E-state index contributed by atoms with van der Waals surface area (Å²) in [7, 11) is 0. The molecule has 4 atom stereocenters. The summed E-state index contributed by atoms with van der Waals surface area (Å²) in [5.41, 5.74) is 0.0481. The molecule has 0 N–H and O–H groups in total. The Hall–Kier alpha value is -3.02. The highest BCUT2D eigenvalue weighted by Gasteiger charge is 2.57. The van der Waals surface area contributed by atoms with Gasteiger partial charge in [-0.15, -0.1) is 0 Å². The number of hydrogen-bond acceptors (Lipinski definition) is 6. The maximum Gasteiger partial charge on any atom is 0.226 e. The third-order valence-corrected chi connectivity index (χ3v) is 11.7. The minimum atomic E-state index is -1.49. The van der Waals surface area contributed by atoms with Crippen LogP contribution in [0.1, 0.15) is 97.5 Å². The number of amides is 1. The fraction of sp³-hybridized carbons (Fsp3) is 0.632. The normalized spacial score (nSPS) is 26.1. The van der Waals surface area contributed by atoms with Gasteiger partial charge in [0, 0.05) is 49.5 Å². The highest BCUT2D eigenvalue weighted by molar-refractivity contribution is 6.31. The quantitative estimate of drug-likeness (QED) is 0.217. The molecule has 8 nitrogen and oxygen atoms in total. The van der Waals surface area contributed by atoms with Gasteiger partial charge in [-0.25, -0.2) is 22.8 Å². The summed E-state index contributed by atoms with van der Waals surface area (Å²) in [5, 5.41) is 4.87. The Morgan fingerprint density at radius 3 is 2.40 bits per heavy atom. The van der Waals surface area contributed by atoms with Crippen LogP contribution in [0, 0.1) is 36.2 Å². The van der Waals surface area contributed by atoms with Crippen LogP contribution in [0.3, 0.4) is 0 Å². The summed E-state index contributed by atoms with van der Waals surface area (Å²) in [6.07, 6.45) is 4.31. The van der Waals surface area contributed by atoms with Gasteiger partial charge >= 0.3 is 0 Å². The van der Waals surface area contributed by atoms with Gasteiger partial charge in [-0.2, -0.15) is 5.10 Å². The van der Waals surface area contributed by atoms with Gasteiger partial charge in [0.25, 0.3) is 0 Å². The number of aryl methyl sites for hydroxylation is 2. The number of nitrogens with zero attached hydrogens (tertiary/aromatic N) is 6. The summed E-state index contributed by atoms with van der Waals surface area (Å²) in [6, 6.07) is 1.37. The molecule has 5 rings (SSSR count). The fourth-order valence-electron chi connectivity index (χ4n) is 8.34. The van der Waals surface area contributed by atoms with Crippen molar-refractivity contribution in [1.82, 2.24) is 24.6 Å². The number of allylic oxidation sites excluding steroid dienone is 3. The van der Waals surface area contributed by atoms with Crippen molar-refractivity contribution >= 4 is 23.2 Å². The van der Waals surface area contributed by atoms with Crippen molar-refractivity contribution in [2.24, 2.45) is 16.8 Å². The highest BCUT2D eigenvalue weighted by atomic mass is 35.5. The number of aliphatic imine (C=N–C) groups is 1. The predicted octanol–water partition coefficient (Wildman–Crippen LogP) is 7.70. The summed E-state index contributed by atoms with van der Waals surface area (Å²) < 4.78 is 53.6. The van der Waals surface area contributed by atoms with E-state index in [4.69, 9.17) is 21.3 Å². The lowest BCUT2D eigenvalue weighted by Gasteiger charge is -2.47. The summed E-state index contributed by atoms with van der Waals surface area (Å²) in [6.45, 7) is 24.1. The summed E-state index contributed by atoms with van der Waals surface area (Å²) in [4.78, 5) is 28.2. The molecule has 0 saturated carbocycles. The molecule has 1 amide bonds. The molecule has 274 valence electrons. The largest absolute Gasteiger partial charge is 0.364 e. The van der Waals surface area contributed by atoms with Crippen LogP contribution in [0.2, 0.25) is 0 Å². The predicted molar refractivity (Wildman–Crippen MR) is 191 cm³/mol. The first-order valence-electron chi connectivity index (χ1n) is 17.7. The molecule has 1 aromatic heterocycles. The molecule has 3 aliphatic rings. The molecule has 0 radical (unpaired) electrons. The van der Waals surface area contributed by atoms with Crippen LogP contribution in [0.15, 0.2) is 40.8 Å². The molecule has 4 heterocycles. The molecule has 0 bridgehead atoms. The van der Waals surface area contributed by atoms with Crippen molar-refractivity contribution in [1.29, 1.82) is 0 Å². The van der Waals surface area contributed by atoms with Crippen molar-refractivity contribution in [2.45, 2.75) is 117 Å². The molecule has 3 saturated heterocycles. The van der Waals surface area contributed by atoms with E-state index >= 15 is 4.39 Å². The molecule has 3 aliphatic heterocycles. The van der Waals surface area contributed by atoms with Gasteiger partial charge in [0.2, 0.25) is 5.91 Å². The molecule has 3 fully saturated rings. The topological polar surface area (TPSA) is 75.8 Å². The van der Waals surface area contributed by atoms with Gasteiger partial charge in [0.15, 0.2) is 17.5 Å². The second-order valence-electron chi connectivity index (χ2n) is 15.7. The van der Waals surface area contributed by atoms with E-state index < -0.39 is 40.3 Å². The first kappa shape index (κ1) is 38.2. The number of halogens is 4. The number of benzene rings is 1. The fourth-order valence-corrected chi connectivity index (χ4v) is 8.38. The molecular formula is C38H52ClF3N6O2.